The number of hydrogen-bond acceptors (Lipinski definition) is 5. The molecule has 26 heavy (non-hydrogen) atoms. The minimum atomic E-state index is -0.586. The monoisotopic (exact) mass is 354 g/mol. The van der Waals surface area contributed by atoms with Crippen LogP contribution in [0.5, 0.6) is 11.5 Å². The zero-order chi connectivity index (χ0) is 18.9. The molecule has 0 aliphatic heterocycles. The van der Waals surface area contributed by atoms with Crippen LogP contribution in [0.3, 0.4) is 0 Å². The van der Waals surface area contributed by atoms with Gasteiger partial charge in [-0.1, -0.05) is 6.07 Å². The number of urea groups is 1. The number of benzene rings is 2. The second-order valence-electron chi connectivity index (χ2n) is 5.24. The van der Waals surface area contributed by atoms with Crippen LogP contribution < -0.4 is 25.8 Å². The summed E-state index contributed by atoms with van der Waals surface area (Å²) in [4.78, 5) is 22.7. The van der Waals surface area contributed by atoms with Crippen LogP contribution in [0.15, 0.2) is 42.5 Å². The van der Waals surface area contributed by atoms with Crippen molar-refractivity contribution in [1.29, 1.82) is 5.26 Å². The van der Waals surface area contributed by atoms with E-state index in [1.54, 1.807) is 42.5 Å². The van der Waals surface area contributed by atoms with Gasteiger partial charge in [-0.3, -0.25) is 4.79 Å². The molecule has 0 unspecified atom stereocenters. The first-order valence-electron chi connectivity index (χ1n) is 7.65. The lowest BCUT2D eigenvalue weighted by molar-refractivity contribution is -0.119. The molecular weight excluding hydrogens is 336 g/mol. The number of nitriles is 1. The first-order valence-corrected chi connectivity index (χ1v) is 7.65. The van der Waals surface area contributed by atoms with Gasteiger partial charge in [0.05, 0.1) is 18.7 Å². The molecule has 2 rings (SSSR count). The maximum atomic E-state index is 11.9. The quantitative estimate of drug-likeness (QED) is 0.698. The van der Waals surface area contributed by atoms with Gasteiger partial charge >= 0.3 is 6.03 Å². The highest BCUT2D eigenvalue weighted by molar-refractivity contribution is 5.89. The Kier molecular flexibility index (Phi) is 6.40. The molecule has 2 aromatic carbocycles. The Bertz CT molecular complexity index is 828. The van der Waals surface area contributed by atoms with Gasteiger partial charge in [0.1, 0.15) is 0 Å². The summed E-state index contributed by atoms with van der Waals surface area (Å²) in [6, 6.07) is 13.2. The number of hydrogen-bond donors (Lipinski definition) is 3. The lowest BCUT2D eigenvalue weighted by Crippen LogP contribution is -2.28. The topological polar surface area (TPSA) is 126 Å². The van der Waals surface area contributed by atoms with E-state index in [0.29, 0.717) is 22.7 Å². The minimum Gasteiger partial charge on any atom is -0.493 e. The lowest BCUT2D eigenvalue weighted by Gasteiger charge is -2.12. The number of nitrogens with one attached hydrogen (secondary N) is 2. The first kappa shape index (κ1) is 18.6. The zero-order valence-corrected chi connectivity index (χ0v) is 14.1. The van der Waals surface area contributed by atoms with Gasteiger partial charge in [-0.05, 0) is 42.0 Å². The van der Waals surface area contributed by atoms with Gasteiger partial charge in [0, 0.05) is 12.2 Å². The predicted octanol–water partition coefficient (Wildman–Crippen LogP) is 1.75. The second kappa shape index (κ2) is 8.94. The highest BCUT2D eigenvalue weighted by atomic mass is 16.5. The van der Waals surface area contributed by atoms with Crippen LogP contribution in [0.4, 0.5) is 10.5 Å². The zero-order valence-electron chi connectivity index (χ0n) is 14.1. The molecule has 0 heterocycles. The van der Waals surface area contributed by atoms with Crippen molar-refractivity contribution in [3.63, 3.8) is 0 Å². The Morgan fingerprint density at radius 1 is 1.15 bits per heavy atom. The van der Waals surface area contributed by atoms with Crippen LogP contribution in [-0.2, 0) is 11.3 Å². The molecule has 0 spiro atoms. The van der Waals surface area contributed by atoms with Gasteiger partial charge in [-0.25, -0.2) is 4.79 Å². The summed E-state index contributed by atoms with van der Waals surface area (Å²) in [5.74, 6) is 0.229. The smallest absolute Gasteiger partial charge is 0.319 e. The predicted molar refractivity (Wildman–Crippen MR) is 94.7 cm³/mol. The van der Waals surface area contributed by atoms with Crippen LogP contribution in [0.2, 0.25) is 0 Å². The molecule has 0 fully saturated rings. The fourth-order valence-electron chi connectivity index (χ4n) is 2.08. The van der Waals surface area contributed by atoms with Crippen molar-refractivity contribution in [2.45, 2.75) is 6.54 Å². The fraction of sp³-hybridized carbons (Fsp3) is 0.167. The molecule has 0 aliphatic rings. The number of rotatable bonds is 7. The van der Waals surface area contributed by atoms with E-state index < -0.39 is 5.91 Å². The van der Waals surface area contributed by atoms with Gasteiger partial charge in [0.25, 0.3) is 5.91 Å². The van der Waals surface area contributed by atoms with Crippen molar-refractivity contribution in [2.24, 2.45) is 5.73 Å². The van der Waals surface area contributed by atoms with Gasteiger partial charge < -0.3 is 25.8 Å². The van der Waals surface area contributed by atoms with Crippen molar-refractivity contribution in [3.05, 3.63) is 53.6 Å². The summed E-state index contributed by atoms with van der Waals surface area (Å²) in [6.07, 6.45) is 0. The molecule has 8 nitrogen and oxygen atoms in total. The van der Waals surface area contributed by atoms with Gasteiger partial charge in [-0.2, -0.15) is 5.26 Å². The van der Waals surface area contributed by atoms with Crippen molar-refractivity contribution in [1.82, 2.24) is 5.32 Å². The summed E-state index contributed by atoms with van der Waals surface area (Å²) < 4.78 is 10.5. The third-order valence-corrected chi connectivity index (χ3v) is 3.32. The van der Waals surface area contributed by atoms with Gasteiger partial charge in [-0.15, -0.1) is 0 Å². The van der Waals surface area contributed by atoms with Crippen LogP contribution in [0.25, 0.3) is 0 Å². The lowest BCUT2D eigenvalue weighted by atomic mass is 10.2. The number of carbonyl (C=O) groups excluding carboxylic acids is 2. The first-order chi connectivity index (χ1) is 12.5. The number of carbonyl (C=O) groups is 2. The highest BCUT2D eigenvalue weighted by Crippen LogP contribution is 2.28. The Hall–Kier alpha value is -3.73. The molecule has 0 bridgehead atoms. The number of primary amides is 1. The Morgan fingerprint density at radius 2 is 1.88 bits per heavy atom. The summed E-state index contributed by atoms with van der Waals surface area (Å²) in [6.45, 7) is 0.00945. The molecule has 4 N–H and O–H groups in total. The van der Waals surface area contributed by atoms with E-state index >= 15 is 0 Å². The van der Waals surface area contributed by atoms with E-state index in [4.69, 9.17) is 20.5 Å². The number of methoxy groups -OCH3 is 1. The summed E-state index contributed by atoms with van der Waals surface area (Å²) in [5, 5.41) is 14.1. The number of amides is 3. The average Bonchev–Trinajstić information content (AvgIpc) is 2.65. The molecule has 0 aromatic heterocycles. The normalized spacial score (nSPS) is 9.69. The molecule has 2 aromatic rings. The highest BCUT2D eigenvalue weighted by Gasteiger charge is 2.08. The fourth-order valence-corrected chi connectivity index (χ4v) is 2.08. The van der Waals surface area contributed by atoms with Crippen molar-refractivity contribution < 1.29 is 19.1 Å². The number of ether oxygens (including phenoxy) is 2. The average molecular weight is 354 g/mol. The maximum absolute atomic E-state index is 11.9. The molecule has 0 atom stereocenters. The number of nitrogens with zero attached hydrogens (tertiary/aromatic N) is 1. The largest absolute Gasteiger partial charge is 0.493 e. The molecule has 0 aliphatic carbocycles. The van der Waals surface area contributed by atoms with E-state index in [-0.39, 0.29) is 19.2 Å². The SMILES string of the molecule is COc1cc(CNC(=O)Nc2ccc(C#N)cc2)ccc1OCC(N)=O. The van der Waals surface area contributed by atoms with Crippen LogP contribution in [0.1, 0.15) is 11.1 Å². The number of nitrogens with two attached hydrogens (primary N) is 1. The summed E-state index contributed by atoms with van der Waals surface area (Å²) in [5.41, 5.74) is 6.92. The van der Waals surface area contributed by atoms with E-state index in [2.05, 4.69) is 10.6 Å². The third kappa shape index (κ3) is 5.42. The molecular formula is C18H18N4O4. The van der Waals surface area contributed by atoms with Crippen LogP contribution in [0, 0.1) is 11.3 Å². The molecule has 0 saturated heterocycles. The van der Waals surface area contributed by atoms with Gasteiger partial charge in [0.15, 0.2) is 18.1 Å². The Morgan fingerprint density at radius 3 is 2.50 bits per heavy atom. The van der Waals surface area contributed by atoms with E-state index in [1.807, 2.05) is 6.07 Å². The van der Waals surface area contributed by atoms with Gasteiger partial charge in [0.2, 0.25) is 0 Å². The Balaban J connectivity index is 1.92. The third-order valence-electron chi connectivity index (χ3n) is 3.32. The van der Waals surface area contributed by atoms with Crippen molar-refractivity contribution in [3.8, 4) is 17.6 Å². The maximum Gasteiger partial charge on any atom is 0.319 e. The van der Waals surface area contributed by atoms with Crippen LogP contribution >= 0.6 is 0 Å². The van der Waals surface area contributed by atoms with E-state index in [1.165, 1.54) is 7.11 Å². The summed E-state index contributed by atoms with van der Waals surface area (Å²) >= 11 is 0. The van der Waals surface area contributed by atoms with E-state index in [9.17, 15) is 9.59 Å². The van der Waals surface area contributed by atoms with E-state index in [0.717, 1.165) is 5.56 Å². The minimum absolute atomic E-state index is 0.249. The molecule has 0 radical (unpaired) electrons. The Labute approximate surface area is 150 Å². The molecule has 8 heteroatoms. The molecule has 134 valence electrons. The van der Waals surface area contributed by atoms with Crippen molar-refractivity contribution in [2.75, 3.05) is 19.0 Å². The standard InChI is InChI=1S/C18H18N4O4/c1-25-16-8-13(4-7-15(16)26-11-17(20)23)10-21-18(24)22-14-5-2-12(9-19)3-6-14/h2-8H,10-11H2,1H3,(H2,20,23)(H2,21,22,24). The van der Waals surface area contributed by atoms with Crippen LogP contribution in [-0.4, -0.2) is 25.7 Å². The number of anilines is 1. The molecule has 3 amide bonds. The summed E-state index contributed by atoms with van der Waals surface area (Å²) in [7, 11) is 1.47. The molecule has 0 saturated carbocycles. The van der Waals surface area contributed by atoms with Crippen molar-refractivity contribution >= 4 is 17.6 Å². The second-order valence-corrected chi connectivity index (χ2v) is 5.24.